The zero-order valence-corrected chi connectivity index (χ0v) is 38.3. The Morgan fingerprint density at radius 1 is 0.456 bits per heavy atom. The topological polar surface area (TPSA) is 136 Å². The highest BCUT2D eigenvalue weighted by atomic mass is 16.3. The van der Waals surface area contributed by atoms with Gasteiger partial charge < -0.3 is 31.5 Å². The summed E-state index contributed by atoms with van der Waals surface area (Å²) >= 11 is 0. The summed E-state index contributed by atoms with van der Waals surface area (Å²) in [6, 6.07) is -1.17. The van der Waals surface area contributed by atoms with E-state index in [9.17, 15) is 20.1 Å². The van der Waals surface area contributed by atoms with Gasteiger partial charge in [0.2, 0.25) is 5.91 Å². The Hall–Kier alpha value is -1.25. The molecular weight excluding hydrogens is 709 g/mol. The molecule has 0 fully saturated rings. The molecule has 1 amide bonds. The molecule has 4 atom stereocenters. The monoisotopic (exact) mass is 809 g/mol. The molecule has 0 saturated heterocycles. The molecule has 0 unspecified atom stereocenters. The van der Waals surface area contributed by atoms with Gasteiger partial charge in [-0.25, -0.2) is 0 Å². The van der Waals surface area contributed by atoms with Crippen LogP contribution >= 0.6 is 0 Å². The lowest BCUT2D eigenvalue weighted by Crippen LogP contribution is -2.45. The van der Waals surface area contributed by atoms with Crippen molar-refractivity contribution in [1.82, 2.24) is 5.32 Å². The van der Waals surface area contributed by atoms with Crippen molar-refractivity contribution in [3.8, 4) is 0 Å². The van der Waals surface area contributed by atoms with E-state index in [1.165, 1.54) is 193 Å². The lowest BCUT2D eigenvalue weighted by molar-refractivity contribution is -0.123. The van der Waals surface area contributed by atoms with E-state index in [0.29, 0.717) is 6.42 Å². The minimum absolute atomic E-state index is 0.0669. The molecule has 0 radical (unpaired) electrons. The molecule has 7 nitrogen and oxygen atoms in total. The van der Waals surface area contributed by atoms with Crippen LogP contribution in [-0.2, 0) is 4.79 Å². The normalized spacial score (nSPS) is 13.8. The molecule has 0 aromatic rings. The van der Waals surface area contributed by atoms with Gasteiger partial charge in [-0.3, -0.25) is 4.79 Å². The molecule has 0 spiro atoms. The van der Waals surface area contributed by atoms with Crippen LogP contribution in [0.3, 0.4) is 0 Å². The maximum absolute atomic E-state index is 12.2. The summed E-state index contributed by atoms with van der Waals surface area (Å²) in [6.45, 7) is 6.36. The van der Waals surface area contributed by atoms with Crippen molar-refractivity contribution in [2.75, 3.05) is 13.2 Å². The van der Waals surface area contributed by atoms with Gasteiger partial charge in [-0.15, -0.1) is 0 Å². The maximum Gasteiger partial charge on any atom is 0.220 e. The zero-order valence-electron chi connectivity index (χ0n) is 38.3. The molecule has 57 heavy (non-hydrogen) atoms. The average Bonchev–Trinajstić information content (AvgIpc) is 3.22. The Kier molecular flexibility index (Phi) is 49.8. The number of carbonyl (C=O) groups is 1. The fraction of sp³-hybridized carbons (Fsp3) is 0.900. The van der Waals surface area contributed by atoms with Gasteiger partial charge in [-0.1, -0.05) is 238 Å². The van der Waals surface area contributed by atoms with Crippen LogP contribution in [-0.4, -0.2) is 63.8 Å². The third kappa shape index (κ3) is 45.7. The summed E-state index contributed by atoms with van der Waals surface area (Å²) in [4.78, 5) is 12.2. The zero-order chi connectivity index (χ0) is 42.3. The first-order valence-electron chi connectivity index (χ1n) is 24.8. The predicted octanol–water partition coefficient (Wildman–Crippen LogP) is 12.7. The van der Waals surface area contributed by atoms with E-state index in [-0.39, 0.29) is 19.1 Å². The Bertz CT molecular complexity index is 838. The van der Waals surface area contributed by atoms with E-state index >= 15 is 0 Å². The molecular formula is C50H100N2O5. The van der Waals surface area contributed by atoms with Crippen LogP contribution in [0.15, 0.2) is 24.3 Å². The van der Waals surface area contributed by atoms with Gasteiger partial charge in [0.1, 0.15) is 0 Å². The van der Waals surface area contributed by atoms with Crippen molar-refractivity contribution in [3.05, 3.63) is 24.3 Å². The number of unbranched alkanes of at least 4 members (excludes halogenated alkanes) is 32. The van der Waals surface area contributed by atoms with Crippen molar-refractivity contribution in [2.24, 2.45) is 5.73 Å². The second kappa shape index (κ2) is 49.1. The maximum atomic E-state index is 12.2. The van der Waals surface area contributed by atoms with Crippen LogP contribution in [0.5, 0.6) is 0 Å². The molecule has 0 heterocycles. The first-order valence-corrected chi connectivity index (χ1v) is 24.8. The number of hydrogen-bond acceptors (Lipinski definition) is 6. The molecule has 7 N–H and O–H groups in total. The van der Waals surface area contributed by atoms with Crippen LogP contribution in [0, 0.1) is 0 Å². The number of aliphatic hydroxyl groups is 4. The molecule has 0 aromatic carbocycles. The van der Waals surface area contributed by atoms with Crippen LogP contribution in [0.4, 0.5) is 0 Å². The first kappa shape index (κ1) is 57.8. The van der Waals surface area contributed by atoms with E-state index in [2.05, 4.69) is 26.1 Å². The Morgan fingerprint density at radius 2 is 0.754 bits per heavy atom. The highest BCUT2D eigenvalue weighted by Gasteiger charge is 2.18. The van der Waals surface area contributed by atoms with Crippen molar-refractivity contribution in [3.63, 3.8) is 0 Å². The molecule has 0 aliphatic rings. The average molecular weight is 809 g/mol. The van der Waals surface area contributed by atoms with E-state index in [1.807, 2.05) is 12.2 Å². The third-order valence-corrected chi connectivity index (χ3v) is 11.2. The van der Waals surface area contributed by atoms with Gasteiger partial charge in [0.25, 0.3) is 0 Å². The molecule has 0 saturated carbocycles. The fourth-order valence-corrected chi connectivity index (χ4v) is 7.18. The van der Waals surface area contributed by atoms with Crippen LogP contribution in [0.25, 0.3) is 0 Å². The predicted molar refractivity (Wildman–Crippen MR) is 248 cm³/mol. The van der Waals surface area contributed by atoms with Crippen molar-refractivity contribution in [2.45, 2.75) is 276 Å². The van der Waals surface area contributed by atoms with Gasteiger partial charge in [0, 0.05) is 6.42 Å². The number of nitrogens with one attached hydrogen (secondary N) is 1. The highest BCUT2D eigenvalue weighted by Crippen LogP contribution is 2.15. The molecule has 0 bridgehead atoms. The Labute approximate surface area is 354 Å². The second-order valence-corrected chi connectivity index (χ2v) is 17.0. The number of nitrogens with two attached hydrogens (primary N) is 1. The summed E-state index contributed by atoms with van der Waals surface area (Å²) in [6.07, 6.45) is 51.6. The van der Waals surface area contributed by atoms with Crippen LogP contribution < -0.4 is 11.1 Å². The van der Waals surface area contributed by atoms with Gasteiger partial charge in [0.15, 0.2) is 0 Å². The quantitative estimate of drug-likeness (QED) is 0.0268. The minimum Gasteiger partial charge on any atom is -0.395 e. The molecule has 0 aliphatic carbocycles. The lowest BCUT2D eigenvalue weighted by Gasteiger charge is -2.20. The van der Waals surface area contributed by atoms with E-state index in [0.717, 1.165) is 32.1 Å². The molecule has 0 aliphatic heterocycles. The Balaban J connectivity index is 0. The summed E-state index contributed by atoms with van der Waals surface area (Å²) in [7, 11) is 0. The summed E-state index contributed by atoms with van der Waals surface area (Å²) in [5, 5.41) is 41.1. The number of carbonyl (C=O) groups excluding carboxylic acids is 1. The van der Waals surface area contributed by atoms with Crippen LogP contribution in [0.1, 0.15) is 252 Å². The van der Waals surface area contributed by atoms with Crippen molar-refractivity contribution in [1.29, 1.82) is 0 Å². The summed E-state index contributed by atoms with van der Waals surface area (Å²) in [5.41, 5.74) is 5.51. The molecule has 340 valence electrons. The third-order valence-electron chi connectivity index (χ3n) is 11.2. The Morgan fingerprint density at radius 3 is 1.07 bits per heavy atom. The number of hydrogen-bond donors (Lipinski definition) is 6. The number of allylic oxidation sites excluding steroid dienone is 2. The van der Waals surface area contributed by atoms with Gasteiger partial charge >= 0.3 is 0 Å². The van der Waals surface area contributed by atoms with Crippen molar-refractivity contribution < 1.29 is 25.2 Å². The van der Waals surface area contributed by atoms with E-state index < -0.39 is 24.3 Å². The number of amides is 1. The smallest absolute Gasteiger partial charge is 0.220 e. The van der Waals surface area contributed by atoms with Crippen LogP contribution in [0.2, 0.25) is 0 Å². The molecule has 0 rings (SSSR count). The standard InChI is InChI=1S/C32H63NO3.C18H37NO2/c1-3-5-7-9-11-13-15-16-18-19-21-23-25-27-31(35)30(29-34)33-32(36)28-26-24-22-20-17-14-12-10-8-6-4-2;1-2-3-4-5-6-7-8-9-10-11-12-13-14-15-18(21)17(19)16-20/h25,27,30-31,34-35H,3-24,26,28-29H2,1-2H3,(H,33,36);14-15,17-18,20-21H,2-13,16,19H2,1H3/b27-25+;15-14+/t30-,31+;17-,18+/m00/s1. The minimum atomic E-state index is -0.830. The summed E-state index contributed by atoms with van der Waals surface area (Å²) in [5.74, 6) is -0.0669. The summed E-state index contributed by atoms with van der Waals surface area (Å²) < 4.78 is 0. The van der Waals surface area contributed by atoms with E-state index in [1.54, 1.807) is 12.2 Å². The second-order valence-electron chi connectivity index (χ2n) is 17.0. The largest absolute Gasteiger partial charge is 0.395 e. The molecule has 0 aromatic heterocycles. The van der Waals surface area contributed by atoms with E-state index in [4.69, 9.17) is 10.8 Å². The SMILES string of the molecule is CCCCCCCCCCCCC/C=C/[C@@H](O)[C@@H](N)CO.CCCCCCCCCCCCC/C=C/[C@@H](O)[C@H](CO)NC(=O)CCCCCCCCCCCCC. The van der Waals surface area contributed by atoms with Crippen molar-refractivity contribution >= 4 is 5.91 Å². The van der Waals surface area contributed by atoms with Gasteiger partial charge in [-0.2, -0.15) is 0 Å². The highest BCUT2D eigenvalue weighted by molar-refractivity contribution is 5.76. The molecule has 7 heteroatoms. The fourth-order valence-electron chi connectivity index (χ4n) is 7.18. The number of aliphatic hydroxyl groups excluding tert-OH is 4. The van der Waals surface area contributed by atoms with Gasteiger partial charge in [-0.05, 0) is 32.1 Å². The number of rotatable bonds is 43. The van der Waals surface area contributed by atoms with Gasteiger partial charge in [0.05, 0.1) is 37.5 Å². The lowest BCUT2D eigenvalue weighted by atomic mass is 10.0. The first-order chi connectivity index (χ1) is 27.9.